The van der Waals surface area contributed by atoms with Crippen molar-refractivity contribution in [2.24, 2.45) is 0 Å². The predicted molar refractivity (Wildman–Crippen MR) is 164 cm³/mol. The molecule has 0 bridgehead atoms. The zero-order valence-electron chi connectivity index (χ0n) is 24.9. The molecule has 3 aromatic rings. The molecule has 3 aromatic heterocycles. The van der Waals surface area contributed by atoms with E-state index in [1.54, 1.807) is 17.7 Å². The number of nitrogens with zero attached hydrogens (tertiary/aromatic N) is 6. The van der Waals surface area contributed by atoms with Gasteiger partial charge in [-0.25, -0.2) is 14.3 Å². The number of ether oxygens (including phenoxy) is 1. The molecule has 0 spiro atoms. The van der Waals surface area contributed by atoms with Crippen LogP contribution in [0.25, 0.3) is 11.1 Å². The largest absolute Gasteiger partial charge is 0.360 e. The van der Waals surface area contributed by atoms with Crippen LogP contribution in [0, 0.1) is 19.8 Å². The lowest BCUT2D eigenvalue weighted by atomic mass is 10.1. The molecule has 1 atom stereocenters. The van der Waals surface area contributed by atoms with Crippen LogP contribution >= 0.6 is 23.2 Å². The van der Waals surface area contributed by atoms with Crippen LogP contribution in [0.4, 0.5) is 10.2 Å². The Labute approximate surface area is 256 Å². The fourth-order valence-electron chi connectivity index (χ4n) is 4.29. The molecule has 0 radical (unpaired) electrons. The van der Waals surface area contributed by atoms with E-state index in [-0.39, 0.29) is 30.2 Å². The molecule has 0 aliphatic carbocycles. The van der Waals surface area contributed by atoms with E-state index in [1.807, 2.05) is 13.8 Å². The number of amides is 2. The molecule has 0 aromatic carbocycles. The first-order valence-corrected chi connectivity index (χ1v) is 18.5. The number of hydrogen-bond acceptors (Lipinski definition) is 7. The smallest absolute Gasteiger partial charge is 0.271 e. The number of pyridine rings is 1. The molecule has 15 heteroatoms. The summed E-state index contributed by atoms with van der Waals surface area (Å²) >= 11 is 11.7. The molecular formula is C27H39Cl2FN8O3Si. The third-order valence-corrected chi connectivity index (χ3v) is 8.79. The fraction of sp³-hybridized carbons (Fsp3) is 0.556. The maximum atomic E-state index is 15.3. The standard InChI is InChI=1S/C27H39Cl2FN8O3Si/c1-7-37-21(15-31-36-37)27(40)32-20(9-8-10-22(28)29)26(39)34-23-12-11-19(25(30)33-23)24-17(2)35-38(18(24)3)16-41-13-14-42(4,5)6/h11-12,15,20,22H,7-10,13-14,16H2,1-6H3,(H,32,40)(H,33,34,39)/t20-/m0/s1. The van der Waals surface area contributed by atoms with Crippen molar-refractivity contribution in [3.05, 3.63) is 41.4 Å². The molecule has 0 aliphatic heterocycles. The molecule has 42 heavy (non-hydrogen) atoms. The van der Waals surface area contributed by atoms with Gasteiger partial charge in [-0.1, -0.05) is 24.9 Å². The molecule has 0 saturated carbocycles. The summed E-state index contributed by atoms with van der Waals surface area (Å²) in [7, 11) is -1.22. The Balaban J connectivity index is 1.73. The molecule has 3 heterocycles. The highest BCUT2D eigenvalue weighted by Crippen LogP contribution is 2.29. The summed E-state index contributed by atoms with van der Waals surface area (Å²) in [5, 5.41) is 17.5. The van der Waals surface area contributed by atoms with Crippen LogP contribution in [0.5, 0.6) is 0 Å². The number of nitrogens with one attached hydrogen (secondary N) is 2. The summed E-state index contributed by atoms with van der Waals surface area (Å²) in [6.45, 7) is 13.7. The van der Waals surface area contributed by atoms with Crippen molar-refractivity contribution in [1.29, 1.82) is 0 Å². The number of anilines is 1. The quantitative estimate of drug-likeness (QED) is 0.0993. The van der Waals surface area contributed by atoms with Crippen molar-refractivity contribution in [2.75, 3.05) is 11.9 Å². The van der Waals surface area contributed by atoms with E-state index in [2.05, 4.69) is 50.7 Å². The minimum atomic E-state index is -1.22. The second kappa shape index (κ2) is 15.0. The zero-order valence-corrected chi connectivity index (χ0v) is 27.4. The Morgan fingerprint density at radius 3 is 2.52 bits per heavy atom. The molecule has 11 nitrogen and oxygen atoms in total. The molecule has 2 amide bonds. The predicted octanol–water partition coefficient (Wildman–Crippen LogP) is 5.34. The van der Waals surface area contributed by atoms with Crippen molar-refractivity contribution in [1.82, 2.24) is 35.1 Å². The maximum Gasteiger partial charge on any atom is 0.271 e. The van der Waals surface area contributed by atoms with Crippen molar-refractivity contribution in [2.45, 2.75) is 89.9 Å². The highest BCUT2D eigenvalue weighted by Gasteiger charge is 2.25. The highest BCUT2D eigenvalue weighted by atomic mass is 35.5. The average Bonchev–Trinajstić information content (AvgIpc) is 3.49. The number of carbonyl (C=O) groups is 2. The third kappa shape index (κ3) is 9.31. The molecule has 230 valence electrons. The van der Waals surface area contributed by atoms with Crippen LogP contribution in [-0.2, 0) is 22.8 Å². The molecule has 3 rings (SSSR count). The lowest BCUT2D eigenvalue weighted by molar-refractivity contribution is -0.118. The van der Waals surface area contributed by atoms with Crippen LogP contribution in [0.1, 0.15) is 48.1 Å². The van der Waals surface area contributed by atoms with Crippen molar-refractivity contribution in [3.63, 3.8) is 0 Å². The third-order valence-electron chi connectivity index (χ3n) is 6.65. The number of halogens is 3. The summed E-state index contributed by atoms with van der Waals surface area (Å²) in [6, 6.07) is 3.14. The summed E-state index contributed by atoms with van der Waals surface area (Å²) in [6.07, 6.45) is 2.46. The van der Waals surface area contributed by atoms with Crippen LogP contribution < -0.4 is 10.6 Å². The number of rotatable bonds is 15. The minimum Gasteiger partial charge on any atom is -0.360 e. The first-order chi connectivity index (χ1) is 19.8. The number of carbonyl (C=O) groups excluding carboxylic acids is 2. The van der Waals surface area contributed by atoms with Gasteiger partial charge in [-0.05, 0) is 58.2 Å². The van der Waals surface area contributed by atoms with E-state index in [0.717, 1.165) is 11.7 Å². The Kier molecular flexibility index (Phi) is 12.0. The topological polar surface area (TPSA) is 129 Å². The van der Waals surface area contributed by atoms with Crippen molar-refractivity contribution >= 4 is 48.9 Å². The van der Waals surface area contributed by atoms with E-state index >= 15 is 4.39 Å². The fourth-order valence-corrected chi connectivity index (χ4v) is 5.36. The van der Waals surface area contributed by atoms with Gasteiger partial charge in [0.15, 0.2) is 0 Å². The Morgan fingerprint density at radius 1 is 1.14 bits per heavy atom. The van der Waals surface area contributed by atoms with Gasteiger partial charge in [-0.3, -0.25) is 9.59 Å². The van der Waals surface area contributed by atoms with E-state index in [4.69, 9.17) is 27.9 Å². The van der Waals surface area contributed by atoms with E-state index < -0.39 is 36.7 Å². The van der Waals surface area contributed by atoms with Crippen molar-refractivity contribution < 1.29 is 18.7 Å². The maximum absolute atomic E-state index is 15.3. The highest BCUT2D eigenvalue weighted by molar-refractivity contribution is 6.76. The second-order valence-corrected chi connectivity index (χ2v) is 18.1. The van der Waals surface area contributed by atoms with E-state index in [0.29, 0.717) is 37.3 Å². The van der Waals surface area contributed by atoms with Gasteiger partial charge >= 0.3 is 0 Å². The number of aryl methyl sites for hydroxylation is 2. The van der Waals surface area contributed by atoms with Crippen LogP contribution in [0.3, 0.4) is 0 Å². The van der Waals surface area contributed by atoms with Gasteiger partial charge in [-0.15, -0.1) is 28.3 Å². The molecule has 0 unspecified atom stereocenters. The summed E-state index contributed by atoms with van der Waals surface area (Å²) in [5.74, 6) is -1.83. The normalized spacial score (nSPS) is 12.5. The lowest BCUT2D eigenvalue weighted by Gasteiger charge is -2.18. The van der Waals surface area contributed by atoms with E-state index in [9.17, 15) is 9.59 Å². The van der Waals surface area contributed by atoms with Gasteiger partial charge in [0.25, 0.3) is 5.91 Å². The van der Waals surface area contributed by atoms with Crippen LogP contribution in [-0.4, -0.2) is 67.1 Å². The van der Waals surface area contributed by atoms with E-state index in [1.165, 1.54) is 16.9 Å². The lowest BCUT2D eigenvalue weighted by Crippen LogP contribution is -2.44. The first kappa shape index (κ1) is 33.6. The van der Waals surface area contributed by atoms with Crippen LogP contribution in [0.15, 0.2) is 18.3 Å². The summed E-state index contributed by atoms with van der Waals surface area (Å²) in [5.41, 5.74) is 2.48. The Hall–Kier alpha value is -2.87. The first-order valence-electron chi connectivity index (χ1n) is 13.9. The molecule has 0 saturated heterocycles. The van der Waals surface area contributed by atoms with Gasteiger partial charge in [0, 0.05) is 38.0 Å². The SMILES string of the molecule is CCn1nncc1C(=O)N[C@@H](CCCC(Cl)Cl)C(=O)Nc1ccc(-c2c(C)nn(COCC[Si](C)(C)C)c2C)c(F)n1. The monoisotopic (exact) mass is 640 g/mol. The molecular weight excluding hydrogens is 602 g/mol. The van der Waals surface area contributed by atoms with Gasteiger partial charge in [0.2, 0.25) is 11.9 Å². The summed E-state index contributed by atoms with van der Waals surface area (Å²) in [4.78, 5) is 29.4. The van der Waals surface area contributed by atoms with Crippen molar-refractivity contribution in [3.8, 4) is 11.1 Å². The molecule has 2 N–H and O–H groups in total. The van der Waals surface area contributed by atoms with Crippen LogP contribution in [0.2, 0.25) is 25.7 Å². The van der Waals surface area contributed by atoms with Gasteiger partial charge in [0.1, 0.15) is 29.1 Å². The number of alkyl halides is 2. The average molecular weight is 642 g/mol. The molecule has 0 aliphatic rings. The van der Waals surface area contributed by atoms with Gasteiger partial charge < -0.3 is 15.4 Å². The zero-order chi connectivity index (χ0) is 31.0. The second-order valence-electron chi connectivity index (χ2n) is 11.2. The van der Waals surface area contributed by atoms with Gasteiger partial charge in [0.05, 0.1) is 11.9 Å². The Bertz CT molecular complexity index is 1380. The number of hydrogen-bond donors (Lipinski definition) is 2. The Morgan fingerprint density at radius 2 is 1.88 bits per heavy atom. The van der Waals surface area contributed by atoms with Gasteiger partial charge in [-0.2, -0.15) is 9.49 Å². The molecule has 0 fully saturated rings. The number of aromatic nitrogens is 6. The summed E-state index contributed by atoms with van der Waals surface area (Å²) < 4.78 is 24.3. The minimum absolute atomic E-state index is 0.00528.